The number of carbonyl (C=O) groups is 2. The maximum absolute atomic E-state index is 14.2. The molecule has 0 heterocycles. The van der Waals surface area contributed by atoms with E-state index in [1.54, 1.807) is 7.11 Å². The summed E-state index contributed by atoms with van der Waals surface area (Å²) in [5.41, 5.74) is 4.30. The van der Waals surface area contributed by atoms with Gasteiger partial charge in [0.1, 0.15) is 5.76 Å². The molecule has 0 saturated carbocycles. The predicted octanol–water partition coefficient (Wildman–Crippen LogP) is 5.88. The minimum atomic E-state index is -1.36. The molecule has 5 heteroatoms. The molecule has 5 aromatic carbocycles. The molecule has 0 atom stereocenters. The van der Waals surface area contributed by atoms with Crippen LogP contribution in [-0.2, 0) is 20.7 Å². The number of hydrogen-bond acceptors (Lipinski definition) is 3. The first-order valence-corrected chi connectivity index (χ1v) is 16.9. The molecule has 0 aromatic heterocycles. The van der Waals surface area contributed by atoms with Crippen LogP contribution in [0.4, 0.5) is 0 Å². The second kappa shape index (κ2) is 11.7. The van der Waals surface area contributed by atoms with E-state index in [0.717, 1.165) is 33.5 Å². The van der Waals surface area contributed by atoms with Gasteiger partial charge in [-0.1, -0.05) is 133 Å². The van der Waals surface area contributed by atoms with Gasteiger partial charge in [-0.3, -0.25) is 9.59 Å². The van der Waals surface area contributed by atoms with Gasteiger partial charge < -0.3 is 4.74 Å². The Balaban J connectivity index is 1.57. The van der Waals surface area contributed by atoms with E-state index >= 15 is 0 Å². The van der Waals surface area contributed by atoms with Crippen molar-refractivity contribution in [1.29, 1.82) is 0 Å². The van der Waals surface area contributed by atoms with Crippen molar-refractivity contribution in [1.82, 2.24) is 0 Å². The predicted molar refractivity (Wildman–Crippen MR) is 179 cm³/mol. The fraction of sp³-hybridized carbons (Fsp3) is 0.0526. The van der Waals surface area contributed by atoms with Crippen LogP contribution in [0, 0.1) is 0 Å². The molecule has 208 valence electrons. The van der Waals surface area contributed by atoms with Crippen LogP contribution < -0.4 is 26.5 Å². The Kier molecular flexibility index (Phi) is 7.45. The third kappa shape index (κ3) is 5.10. The Morgan fingerprint density at radius 2 is 1.05 bits per heavy atom. The highest BCUT2D eigenvalue weighted by molar-refractivity contribution is 7.80. The first kappa shape index (κ1) is 27.4. The lowest BCUT2D eigenvalue weighted by Gasteiger charge is -2.30. The number of carbonyl (C=O) groups excluding carboxylic acids is 2. The first-order valence-electron chi connectivity index (χ1n) is 14.2. The fourth-order valence-corrected chi connectivity index (χ4v) is 10.8. The topological polar surface area (TPSA) is 43.4 Å². The molecule has 5 aromatic rings. The standard InChI is InChI=1S/C38H28O3P2/c1-41-33-25-32(39)37(40)38(43(29-18-10-4-11-19-29)30-20-12-5-13-21-30)36(33)35-31-24-26(31)22-23-34(35)42(27-14-6-2-7-15-27)28-16-8-3-9-17-28/h2-23,25H,24H2,1H3. The molecule has 2 aliphatic carbocycles. The van der Waals surface area contributed by atoms with Gasteiger partial charge in [0.05, 0.1) is 7.11 Å². The van der Waals surface area contributed by atoms with Gasteiger partial charge in [-0.25, -0.2) is 0 Å². The maximum atomic E-state index is 14.2. The van der Waals surface area contributed by atoms with Crippen molar-refractivity contribution < 1.29 is 14.3 Å². The number of methoxy groups -OCH3 is 1. The summed E-state index contributed by atoms with van der Waals surface area (Å²) in [5, 5.41) is 6.18. The number of fused-ring (bicyclic) bond motifs is 1. The number of ether oxygens (including phenoxy) is 1. The third-order valence-corrected chi connectivity index (χ3v) is 12.8. The minimum absolute atomic E-state index is 0.455. The van der Waals surface area contributed by atoms with E-state index in [2.05, 4.69) is 84.9 Å². The Morgan fingerprint density at radius 3 is 1.51 bits per heavy atom. The van der Waals surface area contributed by atoms with Gasteiger partial charge in [-0.15, -0.1) is 0 Å². The Hall–Kier alpha value is -4.42. The summed E-state index contributed by atoms with van der Waals surface area (Å²) in [7, 11) is -0.745. The average molecular weight is 595 g/mol. The zero-order chi connectivity index (χ0) is 29.3. The van der Waals surface area contributed by atoms with E-state index < -0.39 is 27.4 Å². The first-order chi connectivity index (χ1) is 21.2. The smallest absolute Gasteiger partial charge is 0.234 e. The molecular formula is C38H28O3P2. The molecule has 0 radical (unpaired) electrons. The third-order valence-electron chi connectivity index (χ3n) is 7.81. The van der Waals surface area contributed by atoms with Crippen LogP contribution in [0.25, 0.3) is 5.57 Å². The number of ketones is 2. The van der Waals surface area contributed by atoms with Gasteiger partial charge in [0, 0.05) is 17.0 Å². The second-order valence-electron chi connectivity index (χ2n) is 10.4. The number of rotatable bonds is 8. The highest BCUT2D eigenvalue weighted by Gasteiger charge is 2.40. The lowest BCUT2D eigenvalue weighted by molar-refractivity contribution is -0.131. The zero-order valence-electron chi connectivity index (χ0n) is 23.6. The van der Waals surface area contributed by atoms with Crippen molar-refractivity contribution in [2.24, 2.45) is 0 Å². The van der Waals surface area contributed by atoms with Gasteiger partial charge in [-0.05, 0) is 65.5 Å². The van der Waals surface area contributed by atoms with Crippen molar-refractivity contribution in [2.75, 3.05) is 7.11 Å². The highest BCUT2D eigenvalue weighted by Crippen LogP contribution is 2.53. The van der Waals surface area contributed by atoms with E-state index in [0.29, 0.717) is 11.1 Å². The van der Waals surface area contributed by atoms with Crippen LogP contribution >= 0.6 is 15.8 Å². The number of hydrogen-bond donors (Lipinski definition) is 0. The van der Waals surface area contributed by atoms with Crippen LogP contribution in [-0.4, -0.2) is 18.7 Å². The van der Waals surface area contributed by atoms with Gasteiger partial charge in [0.2, 0.25) is 11.6 Å². The second-order valence-corrected chi connectivity index (χ2v) is 14.8. The number of benzene rings is 5. The largest absolute Gasteiger partial charge is 0.496 e. The molecule has 0 unspecified atom stereocenters. The Morgan fingerprint density at radius 1 is 0.581 bits per heavy atom. The van der Waals surface area contributed by atoms with Crippen molar-refractivity contribution in [3.8, 4) is 0 Å². The van der Waals surface area contributed by atoms with Crippen molar-refractivity contribution in [3.63, 3.8) is 0 Å². The molecule has 0 N–H and O–H groups in total. The summed E-state index contributed by atoms with van der Waals surface area (Å²) in [5.74, 6) is -0.541. The molecule has 0 amide bonds. The molecule has 7 rings (SSSR count). The monoisotopic (exact) mass is 594 g/mol. The van der Waals surface area contributed by atoms with Gasteiger partial charge in [0.25, 0.3) is 0 Å². The molecule has 0 fully saturated rings. The molecule has 2 aliphatic rings. The Bertz CT molecular complexity index is 1820. The van der Waals surface area contributed by atoms with Crippen molar-refractivity contribution in [2.45, 2.75) is 6.42 Å². The van der Waals surface area contributed by atoms with E-state index in [-0.39, 0.29) is 0 Å². The molecule has 0 saturated heterocycles. The maximum Gasteiger partial charge on any atom is 0.234 e. The molecule has 43 heavy (non-hydrogen) atoms. The lowest BCUT2D eigenvalue weighted by Crippen LogP contribution is -2.29. The number of allylic oxidation sites excluding steroid dienone is 3. The van der Waals surface area contributed by atoms with E-state index in [1.165, 1.54) is 27.8 Å². The van der Waals surface area contributed by atoms with Crippen LogP contribution in [0.5, 0.6) is 0 Å². The summed E-state index contributed by atoms with van der Waals surface area (Å²) in [6.07, 6.45) is 2.25. The van der Waals surface area contributed by atoms with Gasteiger partial charge in [-0.2, -0.15) is 0 Å². The summed E-state index contributed by atoms with van der Waals surface area (Å²) < 4.78 is 6.00. The highest BCUT2D eigenvalue weighted by atomic mass is 31.1. The molecule has 0 aliphatic heterocycles. The average Bonchev–Trinajstić information content (AvgIpc) is 3.86. The lowest BCUT2D eigenvalue weighted by atomic mass is 9.95. The molecule has 3 nitrogen and oxygen atoms in total. The number of Topliss-reactive ketones (excluding diaryl/α,β-unsaturated/α-hetero) is 1. The van der Waals surface area contributed by atoms with Crippen molar-refractivity contribution in [3.05, 3.63) is 167 Å². The van der Waals surface area contributed by atoms with E-state index in [9.17, 15) is 9.59 Å². The normalized spacial score (nSPS) is 14.2. The summed E-state index contributed by atoms with van der Waals surface area (Å²) >= 11 is 0. The Labute approximate surface area is 254 Å². The molecule has 0 bridgehead atoms. The van der Waals surface area contributed by atoms with Crippen LogP contribution in [0.1, 0.15) is 16.7 Å². The van der Waals surface area contributed by atoms with Gasteiger partial charge >= 0.3 is 0 Å². The van der Waals surface area contributed by atoms with E-state index in [1.807, 2.05) is 48.5 Å². The molecule has 0 spiro atoms. The van der Waals surface area contributed by atoms with Crippen LogP contribution in [0.2, 0.25) is 0 Å². The summed E-state index contributed by atoms with van der Waals surface area (Å²) in [6, 6.07) is 45.8. The molecular weight excluding hydrogens is 566 g/mol. The fourth-order valence-electron chi connectivity index (χ4n) is 5.80. The van der Waals surface area contributed by atoms with Crippen LogP contribution in [0.15, 0.2) is 151 Å². The minimum Gasteiger partial charge on any atom is -0.496 e. The van der Waals surface area contributed by atoms with Crippen LogP contribution in [0.3, 0.4) is 0 Å². The van der Waals surface area contributed by atoms with Crippen molar-refractivity contribution >= 4 is 59.5 Å². The zero-order valence-corrected chi connectivity index (χ0v) is 25.4. The van der Waals surface area contributed by atoms with Gasteiger partial charge in [0.15, 0.2) is 0 Å². The summed E-state index contributed by atoms with van der Waals surface area (Å²) in [6.45, 7) is 0. The summed E-state index contributed by atoms with van der Waals surface area (Å²) in [4.78, 5) is 27.6. The quantitative estimate of drug-likeness (QED) is 0.126. The van der Waals surface area contributed by atoms with E-state index in [4.69, 9.17) is 4.74 Å². The SMILES string of the molecule is COC1=CC(=O)C(=O)C(P(c2ccccc2)c2ccccc2)=C1c1c(P(c2ccccc2)c2ccccc2)ccc2c1C2.